The number of carbonyl (C=O) groups is 1. The van der Waals surface area contributed by atoms with Crippen LogP contribution in [0.1, 0.15) is 5.56 Å². The Morgan fingerprint density at radius 2 is 1.85 bits per heavy atom. The molecule has 1 amide bonds. The van der Waals surface area contributed by atoms with E-state index in [4.69, 9.17) is 4.74 Å². The van der Waals surface area contributed by atoms with Gasteiger partial charge in [0.15, 0.2) is 0 Å². The van der Waals surface area contributed by atoms with Gasteiger partial charge in [-0.1, -0.05) is 18.2 Å². The molecule has 0 heterocycles. The number of hydrogen-bond acceptors (Lipinski definition) is 4. The number of likely N-dealkylation sites (N-methyl/N-ethyl adjacent to an activating group) is 1. The molecule has 0 unspecified atom stereocenters. The maximum atomic E-state index is 13.1. The van der Waals surface area contributed by atoms with Crippen LogP contribution in [-0.2, 0) is 11.3 Å². The third-order valence-electron chi connectivity index (χ3n) is 3.89. The molecule has 0 aliphatic heterocycles. The lowest BCUT2D eigenvalue weighted by atomic mass is 10.2. The number of nitrogens with one attached hydrogen (secondary N) is 1. The second kappa shape index (κ2) is 9.77. The summed E-state index contributed by atoms with van der Waals surface area (Å²) in [5.74, 6) is 0.118. The molecule has 0 saturated carbocycles. The third kappa shape index (κ3) is 6.72. The minimum atomic E-state index is -0.325. The summed E-state index contributed by atoms with van der Waals surface area (Å²) in [5.41, 5.74) is 2.18. The Hall–Kier alpha value is -2.60. The number of hydrogen-bond donors (Lipinski definition) is 1. The zero-order chi connectivity index (χ0) is 18.9. The Bertz CT molecular complexity index is 704. The molecule has 6 heteroatoms. The summed E-state index contributed by atoms with van der Waals surface area (Å²) in [7, 11) is 5.83. The number of carbonyl (C=O) groups excluding carboxylic acids is 1. The fraction of sp³-hybridized carbons (Fsp3) is 0.350. The Labute approximate surface area is 154 Å². The number of anilines is 1. The van der Waals surface area contributed by atoms with Gasteiger partial charge in [0.2, 0.25) is 5.91 Å². The van der Waals surface area contributed by atoms with Gasteiger partial charge >= 0.3 is 0 Å². The highest BCUT2D eigenvalue weighted by Gasteiger charge is 2.07. The Balaban J connectivity index is 1.66. The van der Waals surface area contributed by atoms with Crippen LogP contribution in [0, 0.1) is 5.82 Å². The molecule has 0 spiro atoms. The first-order chi connectivity index (χ1) is 12.4. The van der Waals surface area contributed by atoms with Crippen LogP contribution >= 0.6 is 0 Å². The number of ether oxygens (including phenoxy) is 1. The quantitative estimate of drug-likeness (QED) is 0.747. The van der Waals surface area contributed by atoms with Crippen LogP contribution in [0.2, 0.25) is 0 Å². The molecule has 0 fully saturated rings. The fourth-order valence-electron chi connectivity index (χ4n) is 2.37. The average molecular weight is 359 g/mol. The minimum absolute atomic E-state index is 0.0464. The van der Waals surface area contributed by atoms with Crippen molar-refractivity contribution >= 4 is 11.6 Å². The lowest BCUT2D eigenvalue weighted by Gasteiger charge is -2.17. The highest BCUT2D eigenvalue weighted by molar-refractivity contribution is 5.77. The van der Waals surface area contributed by atoms with Crippen molar-refractivity contribution in [3.05, 3.63) is 59.9 Å². The van der Waals surface area contributed by atoms with Crippen molar-refractivity contribution in [2.24, 2.45) is 0 Å². The number of rotatable bonds is 9. The maximum Gasteiger partial charge on any atom is 0.234 e. The summed E-state index contributed by atoms with van der Waals surface area (Å²) in [6.07, 6.45) is 0. The van der Waals surface area contributed by atoms with Crippen molar-refractivity contribution in [3.63, 3.8) is 0 Å². The van der Waals surface area contributed by atoms with Gasteiger partial charge < -0.3 is 15.0 Å². The molecule has 2 rings (SSSR count). The van der Waals surface area contributed by atoms with Gasteiger partial charge in [0.1, 0.15) is 18.2 Å². The molecule has 0 aromatic heterocycles. The van der Waals surface area contributed by atoms with Crippen molar-refractivity contribution in [1.29, 1.82) is 0 Å². The lowest BCUT2D eigenvalue weighted by Crippen LogP contribution is -2.36. The average Bonchev–Trinajstić information content (AvgIpc) is 2.60. The predicted octanol–water partition coefficient (Wildman–Crippen LogP) is 2.52. The van der Waals surface area contributed by atoms with E-state index in [1.807, 2.05) is 55.2 Å². The van der Waals surface area contributed by atoms with Gasteiger partial charge in [-0.2, -0.15) is 0 Å². The van der Waals surface area contributed by atoms with E-state index < -0.39 is 0 Å². The summed E-state index contributed by atoms with van der Waals surface area (Å²) in [6.45, 7) is 1.74. The number of nitrogens with zero attached hydrogens (tertiary/aromatic N) is 2. The minimum Gasteiger partial charge on any atom is -0.492 e. The highest BCUT2D eigenvalue weighted by Crippen LogP contribution is 2.12. The molecule has 0 aliphatic rings. The second-order valence-electron chi connectivity index (χ2n) is 6.38. The van der Waals surface area contributed by atoms with E-state index in [-0.39, 0.29) is 18.3 Å². The normalized spacial score (nSPS) is 10.7. The zero-order valence-electron chi connectivity index (χ0n) is 15.5. The smallest absolute Gasteiger partial charge is 0.234 e. The van der Waals surface area contributed by atoms with Gasteiger partial charge in [-0.05, 0) is 36.9 Å². The highest BCUT2D eigenvalue weighted by atomic mass is 19.1. The van der Waals surface area contributed by atoms with E-state index in [9.17, 15) is 9.18 Å². The molecule has 1 N–H and O–H groups in total. The first-order valence-electron chi connectivity index (χ1n) is 8.54. The van der Waals surface area contributed by atoms with E-state index in [1.54, 1.807) is 12.1 Å². The molecule has 26 heavy (non-hydrogen) atoms. The van der Waals surface area contributed by atoms with Crippen LogP contribution in [-0.4, -0.2) is 51.6 Å². The van der Waals surface area contributed by atoms with Crippen molar-refractivity contribution < 1.29 is 13.9 Å². The van der Waals surface area contributed by atoms with E-state index in [1.165, 1.54) is 12.1 Å². The molecule has 5 nitrogen and oxygen atoms in total. The topological polar surface area (TPSA) is 44.8 Å². The molecule has 2 aromatic carbocycles. The van der Waals surface area contributed by atoms with Crippen LogP contribution in [0.4, 0.5) is 10.1 Å². The second-order valence-corrected chi connectivity index (χ2v) is 6.38. The third-order valence-corrected chi connectivity index (χ3v) is 3.89. The van der Waals surface area contributed by atoms with Crippen molar-refractivity contribution in [2.75, 3.05) is 45.7 Å². The lowest BCUT2D eigenvalue weighted by molar-refractivity contribution is -0.122. The standard InChI is InChI=1S/C20H26FN3O2/c1-23(2)18-9-7-16(8-10-18)14-22-20(25)15-24(3)11-12-26-19-6-4-5-17(21)13-19/h4-10,13H,11-12,14-15H2,1-3H3,(H,22,25). The number of halogens is 1. The van der Waals surface area contributed by atoms with Crippen LogP contribution in [0.25, 0.3) is 0 Å². The first kappa shape index (κ1) is 19.7. The summed E-state index contributed by atoms with van der Waals surface area (Å²) in [5, 5.41) is 2.91. The molecular formula is C20H26FN3O2. The van der Waals surface area contributed by atoms with Gasteiger partial charge in [0.25, 0.3) is 0 Å². The van der Waals surface area contributed by atoms with Crippen LogP contribution in [0.3, 0.4) is 0 Å². The van der Waals surface area contributed by atoms with Gasteiger partial charge in [-0.15, -0.1) is 0 Å². The van der Waals surface area contributed by atoms with E-state index in [2.05, 4.69) is 5.32 Å². The van der Waals surface area contributed by atoms with E-state index >= 15 is 0 Å². The predicted molar refractivity (Wildman–Crippen MR) is 102 cm³/mol. The fourth-order valence-corrected chi connectivity index (χ4v) is 2.37. The van der Waals surface area contributed by atoms with E-state index in [0.717, 1.165) is 11.3 Å². The summed E-state index contributed by atoms with van der Waals surface area (Å²) < 4.78 is 18.5. The first-order valence-corrected chi connectivity index (χ1v) is 8.54. The molecule has 0 aliphatic carbocycles. The van der Waals surface area contributed by atoms with Crippen LogP contribution < -0.4 is 15.0 Å². The SMILES string of the molecule is CN(CCOc1cccc(F)c1)CC(=O)NCc1ccc(N(C)C)cc1. The van der Waals surface area contributed by atoms with Crippen molar-refractivity contribution in [3.8, 4) is 5.75 Å². The summed E-state index contributed by atoms with van der Waals surface area (Å²) in [6, 6.07) is 14.1. The Kier molecular flexibility index (Phi) is 7.41. The summed E-state index contributed by atoms with van der Waals surface area (Å²) >= 11 is 0. The number of benzene rings is 2. The maximum absolute atomic E-state index is 13.1. The molecule has 2 aromatic rings. The summed E-state index contributed by atoms with van der Waals surface area (Å²) in [4.78, 5) is 15.9. The van der Waals surface area contributed by atoms with Crippen molar-refractivity contribution in [2.45, 2.75) is 6.54 Å². The zero-order valence-corrected chi connectivity index (χ0v) is 15.5. The van der Waals surface area contributed by atoms with Gasteiger partial charge in [0.05, 0.1) is 6.54 Å². The van der Waals surface area contributed by atoms with Gasteiger partial charge in [0, 0.05) is 38.9 Å². The van der Waals surface area contributed by atoms with Crippen molar-refractivity contribution in [1.82, 2.24) is 10.2 Å². The molecule has 0 saturated heterocycles. The molecule has 0 bridgehead atoms. The monoisotopic (exact) mass is 359 g/mol. The van der Waals surface area contributed by atoms with E-state index in [0.29, 0.717) is 25.4 Å². The molecule has 0 atom stereocenters. The Morgan fingerprint density at radius 1 is 1.12 bits per heavy atom. The van der Waals surface area contributed by atoms with Gasteiger partial charge in [-0.25, -0.2) is 4.39 Å². The molecule has 140 valence electrons. The van der Waals surface area contributed by atoms with Crippen LogP contribution in [0.15, 0.2) is 48.5 Å². The molecule has 0 radical (unpaired) electrons. The number of amides is 1. The molecular weight excluding hydrogens is 333 g/mol. The Morgan fingerprint density at radius 3 is 2.50 bits per heavy atom. The van der Waals surface area contributed by atoms with Crippen LogP contribution in [0.5, 0.6) is 5.75 Å². The van der Waals surface area contributed by atoms with Gasteiger partial charge in [-0.3, -0.25) is 9.69 Å². The largest absolute Gasteiger partial charge is 0.492 e.